The fourth-order valence-electron chi connectivity index (χ4n) is 3.45. The van der Waals surface area contributed by atoms with Crippen molar-refractivity contribution >= 4 is 12.1 Å². The summed E-state index contributed by atoms with van der Waals surface area (Å²) in [5, 5.41) is 20.9. The minimum Gasteiger partial charge on any atom is -0.480 e. The molecule has 142 valence electrons. The topological polar surface area (TPSA) is 95.9 Å². The van der Waals surface area contributed by atoms with Crippen LogP contribution in [0.5, 0.6) is 0 Å². The summed E-state index contributed by atoms with van der Waals surface area (Å²) in [6.45, 7) is 1.70. The molecule has 0 fully saturated rings. The fourth-order valence-corrected chi connectivity index (χ4v) is 3.45. The lowest BCUT2D eigenvalue weighted by atomic mass is 9.98. The van der Waals surface area contributed by atoms with Gasteiger partial charge in [0.1, 0.15) is 12.6 Å². The van der Waals surface area contributed by atoms with Gasteiger partial charge in [-0.15, -0.1) is 0 Å². The van der Waals surface area contributed by atoms with Crippen molar-refractivity contribution in [2.24, 2.45) is 0 Å². The van der Waals surface area contributed by atoms with E-state index in [0.29, 0.717) is 0 Å². The highest BCUT2D eigenvalue weighted by molar-refractivity contribution is 5.81. The van der Waals surface area contributed by atoms with E-state index in [0.717, 1.165) is 22.3 Å². The molecule has 0 aliphatic heterocycles. The number of fused-ring (bicyclic) bond motifs is 3. The maximum Gasteiger partial charge on any atom is 0.407 e. The van der Waals surface area contributed by atoms with Gasteiger partial charge in [0.15, 0.2) is 0 Å². The van der Waals surface area contributed by atoms with E-state index in [9.17, 15) is 19.8 Å². The third-order valence-electron chi connectivity index (χ3n) is 4.81. The van der Waals surface area contributed by atoms with Crippen LogP contribution >= 0.6 is 0 Å². The van der Waals surface area contributed by atoms with Gasteiger partial charge in [-0.3, -0.25) is 0 Å². The van der Waals surface area contributed by atoms with Crippen LogP contribution in [0, 0.1) is 0 Å². The minimum absolute atomic E-state index is 0.0797. The predicted molar refractivity (Wildman–Crippen MR) is 101 cm³/mol. The third-order valence-corrected chi connectivity index (χ3v) is 4.81. The van der Waals surface area contributed by atoms with Gasteiger partial charge >= 0.3 is 12.1 Å². The van der Waals surface area contributed by atoms with Crippen molar-refractivity contribution in [2.75, 3.05) is 6.61 Å². The lowest BCUT2D eigenvalue weighted by Crippen LogP contribution is -2.41. The molecule has 6 nitrogen and oxygen atoms in total. The molecule has 2 atom stereocenters. The molecular formula is C21H23NO5. The van der Waals surface area contributed by atoms with Crippen LogP contribution in [0.4, 0.5) is 4.79 Å². The number of aliphatic hydroxyl groups excluding tert-OH is 1. The van der Waals surface area contributed by atoms with E-state index in [2.05, 4.69) is 5.32 Å². The zero-order valence-electron chi connectivity index (χ0n) is 15.1. The molecule has 1 amide bonds. The van der Waals surface area contributed by atoms with Crippen molar-refractivity contribution in [3.05, 3.63) is 59.7 Å². The van der Waals surface area contributed by atoms with Crippen molar-refractivity contribution in [1.82, 2.24) is 5.32 Å². The van der Waals surface area contributed by atoms with Gasteiger partial charge in [-0.25, -0.2) is 9.59 Å². The largest absolute Gasteiger partial charge is 0.480 e. The van der Waals surface area contributed by atoms with Gasteiger partial charge < -0.3 is 20.3 Å². The molecule has 0 spiro atoms. The third kappa shape index (κ3) is 4.28. The number of carbonyl (C=O) groups is 2. The standard InChI is InChI=1S/C21H23NO5/c1-13(23)10-11-19(20(24)25)22-21(26)27-12-18-16-8-4-2-6-14(16)15-7-3-5-9-17(15)18/h2-9,13,18-19,23H,10-12H2,1H3,(H,22,26)(H,24,25)/t13-,19-/m1/s1. The summed E-state index contributed by atoms with van der Waals surface area (Å²) < 4.78 is 5.35. The Labute approximate surface area is 157 Å². The van der Waals surface area contributed by atoms with Crippen molar-refractivity contribution < 1.29 is 24.5 Å². The van der Waals surface area contributed by atoms with Crippen LogP contribution in [0.3, 0.4) is 0 Å². The van der Waals surface area contributed by atoms with Crippen molar-refractivity contribution in [2.45, 2.75) is 37.8 Å². The highest BCUT2D eigenvalue weighted by Gasteiger charge is 2.29. The summed E-state index contributed by atoms with van der Waals surface area (Å²) in [6, 6.07) is 14.9. The molecule has 0 unspecified atom stereocenters. The predicted octanol–water partition coefficient (Wildman–Crippen LogP) is 3.14. The van der Waals surface area contributed by atoms with E-state index in [1.165, 1.54) is 0 Å². The molecular weight excluding hydrogens is 346 g/mol. The van der Waals surface area contributed by atoms with Gasteiger partial charge in [-0.05, 0) is 42.0 Å². The van der Waals surface area contributed by atoms with E-state index < -0.39 is 24.2 Å². The number of hydrogen-bond acceptors (Lipinski definition) is 4. The number of aliphatic carboxylic acids is 1. The van der Waals surface area contributed by atoms with E-state index in [4.69, 9.17) is 4.74 Å². The number of amides is 1. The molecule has 0 saturated carbocycles. The zero-order valence-corrected chi connectivity index (χ0v) is 15.1. The highest BCUT2D eigenvalue weighted by atomic mass is 16.5. The zero-order chi connectivity index (χ0) is 19.4. The number of aliphatic hydroxyl groups is 1. The molecule has 0 heterocycles. The molecule has 1 aliphatic rings. The Hall–Kier alpha value is -2.86. The summed E-state index contributed by atoms with van der Waals surface area (Å²) in [6.07, 6.45) is -0.983. The first-order valence-corrected chi connectivity index (χ1v) is 8.99. The van der Waals surface area contributed by atoms with Gasteiger partial charge in [-0.2, -0.15) is 0 Å². The second-order valence-electron chi connectivity index (χ2n) is 6.79. The van der Waals surface area contributed by atoms with Crippen LogP contribution in [0.15, 0.2) is 48.5 Å². The Balaban J connectivity index is 1.66. The molecule has 27 heavy (non-hydrogen) atoms. The first kappa shape index (κ1) is 18.9. The summed E-state index contributed by atoms with van der Waals surface area (Å²) in [7, 11) is 0. The maximum atomic E-state index is 12.1. The highest BCUT2D eigenvalue weighted by Crippen LogP contribution is 2.44. The Kier molecular flexibility index (Phi) is 5.76. The lowest BCUT2D eigenvalue weighted by molar-refractivity contribution is -0.139. The minimum atomic E-state index is -1.15. The molecule has 2 aromatic carbocycles. The Morgan fingerprint density at radius 1 is 1.04 bits per heavy atom. The molecule has 6 heteroatoms. The molecule has 2 aromatic rings. The molecule has 0 aromatic heterocycles. The number of carboxylic acid groups (broad SMARTS) is 1. The van der Waals surface area contributed by atoms with E-state index in [1.54, 1.807) is 6.92 Å². The van der Waals surface area contributed by atoms with Crippen LogP contribution in [-0.2, 0) is 9.53 Å². The van der Waals surface area contributed by atoms with Crippen LogP contribution < -0.4 is 5.32 Å². The summed E-state index contributed by atoms with van der Waals surface area (Å²) >= 11 is 0. The smallest absolute Gasteiger partial charge is 0.407 e. The number of nitrogens with one attached hydrogen (secondary N) is 1. The monoisotopic (exact) mass is 369 g/mol. The average molecular weight is 369 g/mol. The van der Waals surface area contributed by atoms with Crippen molar-refractivity contribution in [3.8, 4) is 11.1 Å². The molecule has 0 saturated heterocycles. The molecule has 3 N–H and O–H groups in total. The first-order chi connectivity index (χ1) is 13.0. The molecule has 1 aliphatic carbocycles. The number of carbonyl (C=O) groups excluding carboxylic acids is 1. The summed E-state index contributed by atoms with van der Waals surface area (Å²) in [5.41, 5.74) is 4.44. The van der Waals surface area contributed by atoms with Crippen LogP contribution in [-0.4, -0.2) is 41.0 Å². The number of ether oxygens (including phenoxy) is 1. The number of benzene rings is 2. The Morgan fingerprint density at radius 3 is 2.11 bits per heavy atom. The van der Waals surface area contributed by atoms with Crippen molar-refractivity contribution in [3.63, 3.8) is 0 Å². The number of rotatable bonds is 7. The van der Waals surface area contributed by atoms with Gasteiger partial charge in [-0.1, -0.05) is 48.5 Å². The van der Waals surface area contributed by atoms with Gasteiger partial charge in [0.05, 0.1) is 6.10 Å². The van der Waals surface area contributed by atoms with Crippen LogP contribution in [0.25, 0.3) is 11.1 Å². The second kappa shape index (κ2) is 8.22. The van der Waals surface area contributed by atoms with E-state index in [1.807, 2.05) is 48.5 Å². The Bertz CT molecular complexity index is 787. The molecule has 0 bridgehead atoms. The second-order valence-corrected chi connectivity index (χ2v) is 6.79. The summed E-state index contributed by atoms with van der Waals surface area (Å²) in [5.74, 6) is -1.23. The first-order valence-electron chi connectivity index (χ1n) is 8.99. The van der Waals surface area contributed by atoms with Crippen molar-refractivity contribution in [1.29, 1.82) is 0 Å². The van der Waals surface area contributed by atoms with Gasteiger partial charge in [0.25, 0.3) is 0 Å². The average Bonchev–Trinajstić information content (AvgIpc) is 2.97. The fraction of sp³-hybridized carbons (Fsp3) is 0.333. The van der Waals surface area contributed by atoms with E-state index >= 15 is 0 Å². The Morgan fingerprint density at radius 2 is 1.59 bits per heavy atom. The number of carboxylic acids is 1. The van der Waals surface area contributed by atoms with E-state index in [-0.39, 0.29) is 25.4 Å². The summed E-state index contributed by atoms with van der Waals surface area (Å²) in [4.78, 5) is 23.4. The molecule has 0 radical (unpaired) electrons. The normalized spacial score (nSPS) is 14.7. The molecule has 3 rings (SSSR count). The number of hydrogen-bond donors (Lipinski definition) is 3. The van der Waals surface area contributed by atoms with Gasteiger partial charge in [0, 0.05) is 5.92 Å². The number of alkyl carbamates (subject to hydrolysis) is 1. The maximum absolute atomic E-state index is 12.1. The van der Waals surface area contributed by atoms with Gasteiger partial charge in [0.2, 0.25) is 0 Å². The van der Waals surface area contributed by atoms with Crippen LogP contribution in [0.2, 0.25) is 0 Å². The van der Waals surface area contributed by atoms with Crippen LogP contribution in [0.1, 0.15) is 36.8 Å². The SMILES string of the molecule is C[C@@H](O)CC[C@@H](NC(=O)OCC1c2ccccc2-c2ccccc21)C(=O)O. The quantitative estimate of drug-likeness (QED) is 0.697. The lowest BCUT2D eigenvalue weighted by Gasteiger charge is -2.18.